The van der Waals surface area contributed by atoms with Gasteiger partial charge in [-0.1, -0.05) is 39.9 Å². The molecule has 0 saturated carbocycles. The molecule has 4 nitrogen and oxygen atoms in total. The Morgan fingerprint density at radius 3 is 2.46 bits per heavy atom. The number of aromatic nitrogens is 2. The molecule has 5 heteroatoms. The van der Waals surface area contributed by atoms with E-state index in [1.54, 1.807) is 6.07 Å². The highest BCUT2D eigenvalue weighted by atomic mass is 28.3. The number of nitrogens with zero attached hydrogens (tertiary/aromatic N) is 3. The third kappa shape index (κ3) is 2.64. The minimum absolute atomic E-state index is 0.0507. The van der Waals surface area contributed by atoms with E-state index < -0.39 is 8.07 Å². The van der Waals surface area contributed by atoms with Gasteiger partial charge in [-0.25, -0.2) is 4.98 Å². The molecular weight excluding hydrogens is 362 g/mol. The maximum Gasteiger partial charge on any atom is 0.251 e. The molecule has 0 atom stereocenters. The summed E-state index contributed by atoms with van der Waals surface area (Å²) in [5.41, 5.74) is 5.44. The van der Waals surface area contributed by atoms with Gasteiger partial charge in [-0.3, -0.25) is 4.79 Å². The third-order valence-corrected chi connectivity index (χ3v) is 12.3. The molecule has 4 rings (SSSR count). The fourth-order valence-electron chi connectivity index (χ4n) is 4.07. The van der Waals surface area contributed by atoms with Crippen LogP contribution in [0.3, 0.4) is 0 Å². The molecule has 1 aliphatic rings. The maximum atomic E-state index is 12.5. The van der Waals surface area contributed by atoms with Crippen LogP contribution in [0, 0.1) is 0 Å². The topological polar surface area (TPSA) is 38.1 Å². The van der Waals surface area contributed by atoms with Crippen LogP contribution in [0.4, 0.5) is 5.69 Å². The number of benzene rings is 1. The summed E-state index contributed by atoms with van der Waals surface area (Å²) in [4.78, 5) is 19.7. The van der Waals surface area contributed by atoms with Crippen LogP contribution in [0.5, 0.6) is 0 Å². The minimum Gasteiger partial charge on any atom is -0.378 e. The first-order valence-electron chi connectivity index (χ1n) is 9.87. The highest BCUT2D eigenvalue weighted by Crippen LogP contribution is 2.40. The summed E-state index contributed by atoms with van der Waals surface area (Å²) in [6.45, 7) is 12.6. The molecule has 0 amide bonds. The molecule has 2 aromatic heterocycles. The molecule has 0 N–H and O–H groups in total. The zero-order valence-electron chi connectivity index (χ0n) is 17.9. The van der Waals surface area contributed by atoms with Gasteiger partial charge < -0.3 is 9.47 Å². The summed E-state index contributed by atoms with van der Waals surface area (Å²) in [5.74, 6) is 0. The Balaban J connectivity index is 2.14. The zero-order chi connectivity index (χ0) is 20.4. The molecule has 0 radical (unpaired) electrons. The monoisotopic (exact) mass is 391 g/mol. The summed E-state index contributed by atoms with van der Waals surface area (Å²) < 4.78 is 1.88. The Morgan fingerprint density at radius 1 is 1.11 bits per heavy atom. The molecule has 0 bridgehead atoms. The van der Waals surface area contributed by atoms with Gasteiger partial charge in [-0.2, -0.15) is 0 Å². The molecule has 3 heterocycles. The van der Waals surface area contributed by atoms with E-state index >= 15 is 0 Å². The van der Waals surface area contributed by atoms with Crippen LogP contribution in [0.15, 0.2) is 41.2 Å². The van der Waals surface area contributed by atoms with Gasteiger partial charge in [0.2, 0.25) is 0 Å². The van der Waals surface area contributed by atoms with Gasteiger partial charge in [0.15, 0.2) is 0 Å². The molecule has 0 fully saturated rings. The maximum absolute atomic E-state index is 12.5. The lowest BCUT2D eigenvalue weighted by molar-refractivity contribution is 0.728. The highest BCUT2D eigenvalue weighted by molar-refractivity contribution is 6.94. The van der Waals surface area contributed by atoms with Gasteiger partial charge >= 0.3 is 0 Å². The van der Waals surface area contributed by atoms with E-state index in [1.807, 2.05) is 16.7 Å². The molecule has 28 heavy (non-hydrogen) atoms. The molecule has 146 valence electrons. The second-order valence-electron chi connectivity index (χ2n) is 9.62. The lowest BCUT2D eigenvalue weighted by Gasteiger charge is -2.39. The lowest BCUT2D eigenvalue weighted by Crippen LogP contribution is -2.51. The van der Waals surface area contributed by atoms with Crippen molar-refractivity contribution >= 4 is 29.9 Å². The van der Waals surface area contributed by atoms with Crippen molar-refractivity contribution in [2.45, 2.75) is 45.4 Å². The van der Waals surface area contributed by atoms with Crippen molar-refractivity contribution in [2.75, 3.05) is 19.0 Å². The summed E-state index contributed by atoms with van der Waals surface area (Å²) in [6.07, 6.45) is 0. The third-order valence-electron chi connectivity index (χ3n) is 6.69. The van der Waals surface area contributed by atoms with Crippen LogP contribution >= 0.6 is 0 Å². The Morgan fingerprint density at radius 2 is 1.82 bits per heavy atom. The first-order valence-corrected chi connectivity index (χ1v) is 12.9. The summed E-state index contributed by atoms with van der Waals surface area (Å²) in [7, 11) is 2.26. The van der Waals surface area contributed by atoms with E-state index in [0.29, 0.717) is 6.54 Å². The van der Waals surface area contributed by atoms with E-state index in [0.717, 1.165) is 16.9 Å². The largest absolute Gasteiger partial charge is 0.378 e. The molecule has 0 unspecified atom stereocenters. The Hall–Kier alpha value is -2.40. The van der Waals surface area contributed by atoms with E-state index in [9.17, 15) is 4.79 Å². The van der Waals surface area contributed by atoms with Gasteiger partial charge in [0.1, 0.15) is 0 Å². The average Bonchev–Trinajstić information content (AvgIpc) is 2.97. The van der Waals surface area contributed by atoms with Crippen molar-refractivity contribution < 1.29 is 0 Å². The quantitative estimate of drug-likeness (QED) is 0.481. The van der Waals surface area contributed by atoms with Crippen molar-refractivity contribution in [2.24, 2.45) is 0 Å². The van der Waals surface area contributed by atoms with E-state index in [4.69, 9.17) is 4.98 Å². The van der Waals surface area contributed by atoms with Gasteiger partial charge in [-0.15, -0.1) is 0 Å². The van der Waals surface area contributed by atoms with Crippen molar-refractivity contribution in [3.63, 3.8) is 0 Å². The Kier molecular flexibility index (Phi) is 4.09. The SMILES string of the molecule is CN(C)c1ccc2nc3c(c([Si](C)(C)C(C)(C)C)c2c1)Cn1c-3cccc1=O. The second-order valence-corrected chi connectivity index (χ2v) is 14.9. The molecule has 0 aliphatic carbocycles. The van der Waals surface area contributed by atoms with Crippen molar-refractivity contribution in [1.29, 1.82) is 0 Å². The van der Waals surface area contributed by atoms with Gasteiger partial charge in [0, 0.05) is 31.2 Å². The predicted octanol–water partition coefficient (Wildman–Crippen LogP) is 4.21. The standard InChI is InChI=1S/C23H29N3OSi/c1-23(2,3)28(6,7)22-16-13-15(25(4)5)11-12-18(16)24-21-17(22)14-26-19(21)9-8-10-20(26)27/h8-13H,14H2,1-7H3. The zero-order valence-corrected chi connectivity index (χ0v) is 18.9. The van der Waals surface area contributed by atoms with Crippen LogP contribution in [0.2, 0.25) is 18.1 Å². The summed E-state index contributed by atoms with van der Waals surface area (Å²) in [5, 5.41) is 2.88. The number of anilines is 1. The lowest BCUT2D eigenvalue weighted by atomic mass is 10.1. The molecular formula is C23H29N3OSi. The molecule has 1 aromatic carbocycles. The average molecular weight is 392 g/mol. The van der Waals surface area contributed by atoms with E-state index in [2.05, 4.69) is 71.1 Å². The minimum atomic E-state index is -1.89. The van der Waals surface area contributed by atoms with Gasteiger partial charge in [0.25, 0.3) is 5.56 Å². The van der Waals surface area contributed by atoms with Gasteiger partial charge in [-0.05, 0) is 40.1 Å². The van der Waals surface area contributed by atoms with Crippen LogP contribution in [0.25, 0.3) is 22.3 Å². The Labute approximate surface area is 167 Å². The number of hydrogen-bond acceptors (Lipinski definition) is 3. The highest BCUT2D eigenvalue weighted by Gasteiger charge is 2.42. The van der Waals surface area contributed by atoms with Crippen molar-refractivity contribution in [3.8, 4) is 11.4 Å². The van der Waals surface area contributed by atoms with Crippen LogP contribution in [-0.2, 0) is 6.54 Å². The number of fused-ring (bicyclic) bond motifs is 4. The van der Waals surface area contributed by atoms with Crippen LogP contribution in [0.1, 0.15) is 26.3 Å². The van der Waals surface area contributed by atoms with E-state index in [-0.39, 0.29) is 10.6 Å². The molecule has 0 saturated heterocycles. The first-order chi connectivity index (χ1) is 13.0. The summed E-state index contributed by atoms with van der Waals surface area (Å²) >= 11 is 0. The predicted molar refractivity (Wildman–Crippen MR) is 122 cm³/mol. The van der Waals surface area contributed by atoms with Crippen LogP contribution in [-0.4, -0.2) is 31.7 Å². The Bertz CT molecular complexity index is 1150. The van der Waals surface area contributed by atoms with E-state index in [1.165, 1.54) is 21.8 Å². The molecule has 0 spiro atoms. The number of hydrogen-bond donors (Lipinski definition) is 0. The summed E-state index contributed by atoms with van der Waals surface area (Å²) in [6, 6.07) is 12.1. The number of pyridine rings is 2. The second kappa shape index (κ2) is 6.05. The first kappa shape index (κ1) is 18.9. The van der Waals surface area contributed by atoms with Crippen molar-refractivity contribution in [1.82, 2.24) is 9.55 Å². The molecule has 3 aromatic rings. The number of rotatable bonds is 2. The molecule has 1 aliphatic heterocycles. The fraction of sp³-hybridized carbons (Fsp3) is 0.391. The smallest absolute Gasteiger partial charge is 0.251 e. The van der Waals surface area contributed by atoms with Gasteiger partial charge in [0.05, 0.1) is 31.5 Å². The fourth-order valence-corrected chi connectivity index (χ4v) is 6.65. The van der Waals surface area contributed by atoms with Crippen LogP contribution < -0.4 is 15.6 Å². The van der Waals surface area contributed by atoms with Crippen molar-refractivity contribution in [3.05, 3.63) is 52.3 Å². The normalized spacial score (nSPS) is 13.5.